The number of carboxylic acid groups (broad SMARTS) is 1. The third-order valence-electron chi connectivity index (χ3n) is 5.58. The van der Waals surface area contributed by atoms with Crippen molar-refractivity contribution in [3.63, 3.8) is 0 Å². The molecule has 0 unspecified atom stereocenters. The largest absolute Gasteiger partial charge is 0.481 e. The smallest absolute Gasteiger partial charge is 0.396 e. The maximum Gasteiger partial charge on any atom is 0.396 e. The second-order valence-corrected chi connectivity index (χ2v) is 9.06. The third-order valence-corrected chi connectivity index (χ3v) is 6.38. The predicted octanol–water partition coefficient (Wildman–Crippen LogP) is 6.10. The van der Waals surface area contributed by atoms with Gasteiger partial charge in [-0.05, 0) is 54.7 Å². The molecule has 0 amide bonds. The van der Waals surface area contributed by atoms with E-state index in [9.17, 15) is 23.1 Å². The van der Waals surface area contributed by atoms with E-state index >= 15 is 0 Å². The molecule has 1 N–H and O–H groups in total. The summed E-state index contributed by atoms with van der Waals surface area (Å²) in [6.07, 6.45) is -4.64. The summed E-state index contributed by atoms with van der Waals surface area (Å²) in [6, 6.07) is 9.26. The van der Waals surface area contributed by atoms with Crippen molar-refractivity contribution in [2.24, 2.45) is 5.41 Å². The van der Waals surface area contributed by atoms with Crippen molar-refractivity contribution in [1.29, 1.82) is 0 Å². The number of benzene rings is 2. The number of rotatable bonds is 6. The molecule has 1 fully saturated rings. The summed E-state index contributed by atoms with van der Waals surface area (Å²) < 4.78 is 41.4. The van der Waals surface area contributed by atoms with Gasteiger partial charge >= 0.3 is 12.1 Å². The Hall–Kier alpha value is -1.76. The van der Waals surface area contributed by atoms with Crippen molar-refractivity contribution in [3.05, 3.63) is 68.7 Å². The fourth-order valence-corrected chi connectivity index (χ4v) is 4.14. The van der Waals surface area contributed by atoms with E-state index in [0.29, 0.717) is 46.4 Å². The van der Waals surface area contributed by atoms with Gasteiger partial charge in [0, 0.05) is 29.7 Å². The monoisotopic (exact) mass is 459 g/mol. The van der Waals surface area contributed by atoms with Gasteiger partial charge in [0.2, 0.25) is 0 Å². The van der Waals surface area contributed by atoms with E-state index in [1.807, 2.05) is 4.90 Å². The van der Waals surface area contributed by atoms with Crippen LogP contribution in [-0.4, -0.2) is 35.2 Å². The summed E-state index contributed by atoms with van der Waals surface area (Å²) in [6.45, 7) is 4.49. The number of nitrogens with zero attached hydrogens (tertiary/aromatic N) is 1. The van der Waals surface area contributed by atoms with E-state index < -0.39 is 23.5 Å². The van der Waals surface area contributed by atoms with Gasteiger partial charge in [-0.1, -0.05) is 47.5 Å². The van der Waals surface area contributed by atoms with Crippen molar-refractivity contribution in [2.75, 3.05) is 13.1 Å². The fraction of sp³-hybridized carbons (Fsp3) is 0.409. The van der Waals surface area contributed by atoms with Crippen LogP contribution in [0.2, 0.25) is 10.0 Å². The predicted molar refractivity (Wildman–Crippen MR) is 111 cm³/mol. The van der Waals surface area contributed by atoms with Gasteiger partial charge in [0.25, 0.3) is 0 Å². The lowest BCUT2D eigenvalue weighted by molar-refractivity contribution is -0.159. The zero-order chi connectivity index (χ0) is 22.3. The second-order valence-electron chi connectivity index (χ2n) is 8.24. The molecule has 1 aliphatic heterocycles. The first-order chi connectivity index (χ1) is 13.9. The minimum atomic E-state index is -4.42. The fourth-order valence-electron chi connectivity index (χ4n) is 3.85. The quantitative estimate of drug-likeness (QED) is 0.567. The number of alkyl halides is 3. The van der Waals surface area contributed by atoms with E-state index in [0.717, 1.165) is 0 Å². The Balaban J connectivity index is 1.80. The highest BCUT2D eigenvalue weighted by Gasteiger charge is 2.45. The molecule has 2 aromatic rings. The number of aryl methyl sites for hydroxylation is 1. The van der Waals surface area contributed by atoms with E-state index in [-0.39, 0.29) is 12.0 Å². The topological polar surface area (TPSA) is 40.5 Å². The molecule has 0 aromatic heterocycles. The van der Waals surface area contributed by atoms with Crippen LogP contribution in [0.3, 0.4) is 0 Å². The van der Waals surface area contributed by atoms with Crippen LogP contribution < -0.4 is 0 Å². The van der Waals surface area contributed by atoms with Gasteiger partial charge in [0.05, 0.1) is 11.3 Å². The Labute approximate surface area is 183 Å². The first kappa shape index (κ1) is 22.9. The summed E-state index contributed by atoms with van der Waals surface area (Å²) in [4.78, 5) is 13.2. The molecular formula is C22H22Cl2F3NO2. The maximum atomic E-state index is 13.8. The Morgan fingerprint density at radius 2 is 1.80 bits per heavy atom. The van der Waals surface area contributed by atoms with E-state index in [2.05, 4.69) is 0 Å². The molecule has 0 radical (unpaired) electrons. The number of likely N-dealkylation sites (tertiary alicyclic amines) is 1. The van der Waals surface area contributed by atoms with Gasteiger partial charge in [-0.3, -0.25) is 9.69 Å². The Kier molecular flexibility index (Phi) is 6.42. The summed E-state index contributed by atoms with van der Waals surface area (Å²) >= 11 is 12.2. The minimum Gasteiger partial charge on any atom is -0.481 e. The van der Waals surface area contributed by atoms with Gasteiger partial charge in [0.15, 0.2) is 0 Å². The molecule has 1 saturated heterocycles. The first-order valence-electron chi connectivity index (χ1n) is 9.45. The van der Waals surface area contributed by atoms with Gasteiger partial charge in [0.1, 0.15) is 0 Å². The highest BCUT2D eigenvalue weighted by atomic mass is 35.5. The molecule has 0 spiro atoms. The van der Waals surface area contributed by atoms with Gasteiger partial charge in [-0.2, -0.15) is 13.2 Å². The highest BCUT2D eigenvalue weighted by molar-refractivity contribution is 6.31. The molecule has 162 valence electrons. The van der Waals surface area contributed by atoms with Gasteiger partial charge in [-0.15, -0.1) is 0 Å². The van der Waals surface area contributed by atoms with Crippen LogP contribution in [0.15, 0.2) is 36.4 Å². The van der Waals surface area contributed by atoms with Crippen molar-refractivity contribution in [2.45, 2.75) is 38.9 Å². The molecule has 1 aliphatic rings. The van der Waals surface area contributed by atoms with E-state index in [4.69, 9.17) is 23.2 Å². The van der Waals surface area contributed by atoms with Crippen molar-refractivity contribution in [1.82, 2.24) is 4.90 Å². The summed E-state index contributed by atoms with van der Waals surface area (Å²) in [5.41, 5.74) is 1.18. The zero-order valence-corrected chi connectivity index (χ0v) is 18.1. The summed E-state index contributed by atoms with van der Waals surface area (Å²) in [5.74, 6) is -2.52. The van der Waals surface area contributed by atoms with Crippen LogP contribution in [-0.2, 0) is 17.8 Å². The van der Waals surface area contributed by atoms with Crippen LogP contribution >= 0.6 is 23.2 Å². The number of aliphatic carboxylic acids is 1. The summed E-state index contributed by atoms with van der Waals surface area (Å²) in [7, 11) is 0. The van der Waals surface area contributed by atoms with Crippen molar-refractivity contribution in [3.8, 4) is 0 Å². The average molecular weight is 460 g/mol. The van der Waals surface area contributed by atoms with Crippen molar-refractivity contribution < 1.29 is 23.1 Å². The van der Waals surface area contributed by atoms with Gasteiger partial charge < -0.3 is 5.11 Å². The minimum absolute atomic E-state index is 0.167. The van der Waals surface area contributed by atoms with Gasteiger partial charge in [-0.25, -0.2) is 0 Å². The normalized spacial score (nSPS) is 17.4. The third kappa shape index (κ3) is 4.93. The molecule has 0 saturated carbocycles. The maximum absolute atomic E-state index is 13.8. The number of carbonyl (C=O) groups is 1. The molecule has 1 heterocycles. The molecule has 0 bridgehead atoms. The average Bonchev–Trinajstić information content (AvgIpc) is 2.62. The second kappa shape index (κ2) is 8.40. The number of hydrogen-bond donors (Lipinski definition) is 1. The zero-order valence-electron chi connectivity index (χ0n) is 16.6. The Bertz CT molecular complexity index is 956. The first-order valence-corrected chi connectivity index (χ1v) is 10.2. The van der Waals surface area contributed by atoms with Crippen molar-refractivity contribution >= 4 is 29.2 Å². The Morgan fingerprint density at radius 1 is 1.17 bits per heavy atom. The molecular weight excluding hydrogens is 438 g/mol. The molecule has 8 heteroatoms. The van der Waals surface area contributed by atoms with Crippen LogP contribution in [0.4, 0.5) is 13.2 Å². The van der Waals surface area contributed by atoms with E-state index in [1.165, 1.54) is 18.2 Å². The van der Waals surface area contributed by atoms with Crippen LogP contribution in [0.5, 0.6) is 0 Å². The molecule has 1 atom stereocenters. The van der Waals surface area contributed by atoms with Crippen LogP contribution in [0.1, 0.15) is 35.1 Å². The standard InChI is InChI=1S/C22H22Cl2F3NO2/c1-13-7-15(4-6-18(13)23)17(22(25,26)27)9-14-3-5-19(24)16(8-14)10-28-11-21(2,12-28)20(29)30/h3-8,17H,9-12H2,1-2H3,(H,29,30)/t17-/m0/s1. The Morgan fingerprint density at radius 3 is 2.37 bits per heavy atom. The highest BCUT2D eigenvalue weighted by Crippen LogP contribution is 2.39. The van der Waals surface area contributed by atoms with E-state index in [1.54, 1.807) is 32.0 Å². The molecule has 3 nitrogen and oxygen atoms in total. The molecule has 0 aliphatic carbocycles. The molecule has 30 heavy (non-hydrogen) atoms. The SMILES string of the molecule is Cc1cc([C@H](Cc2ccc(Cl)c(CN3CC(C)(C(=O)O)C3)c2)C(F)(F)F)ccc1Cl. The lowest BCUT2D eigenvalue weighted by Crippen LogP contribution is -2.58. The number of hydrogen-bond acceptors (Lipinski definition) is 2. The number of halogens is 5. The lowest BCUT2D eigenvalue weighted by Gasteiger charge is -2.45. The van der Waals surface area contributed by atoms with Crippen LogP contribution in [0.25, 0.3) is 0 Å². The lowest BCUT2D eigenvalue weighted by atomic mass is 9.82. The molecule has 3 rings (SSSR count). The van der Waals surface area contributed by atoms with Crippen LogP contribution in [0, 0.1) is 12.3 Å². The summed E-state index contributed by atoms with van der Waals surface area (Å²) in [5, 5.41) is 10.1. The molecule has 2 aromatic carbocycles. The number of carboxylic acids is 1.